The van der Waals surface area contributed by atoms with E-state index in [9.17, 15) is 0 Å². The fourth-order valence-electron chi connectivity index (χ4n) is 2.45. The van der Waals surface area contributed by atoms with E-state index < -0.39 is 0 Å². The lowest BCUT2D eigenvalue weighted by Crippen LogP contribution is -2.24. The van der Waals surface area contributed by atoms with Gasteiger partial charge in [0.2, 0.25) is 0 Å². The van der Waals surface area contributed by atoms with Gasteiger partial charge in [-0.25, -0.2) is 0 Å². The van der Waals surface area contributed by atoms with Crippen LogP contribution in [0, 0.1) is 0 Å². The first-order valence-electron chi connectivity index (χ1n) is 8.77. The predicted octanol–water partition coefficient (Wildman–Crippen LogP) is 4.25. The number of ether oxygens (including phenoxy) is 1. The molecule has 0 fully saturated rings. The maximum absolute atomic E-state index is 5.57. The van der Waals surface area contributed by atoms with Gasteiger partial charge < -0.3 is 15.0 Å². The van der Waals surface area contributed by atoms with Crippen molar-refractivity contribution in [2.45, 2.75) is 20.3 Å². The highest BCUT2D eigenvalue weighted by atomic mass is 32.1. The van der Waals surface area contributed by atoms with Crippen LogP contribution in [0.2, 0.25) is 0 Å². The molecule has 0 amide bonds. The van der Waals surface area contributed by atoms with E-state index in [4.69, 9.17) is 17.0 Å². The van der Waals surface area contributed by atoms with E-state index in [1.807, 2.05) is 43.3 Å². The second kappa shape index (κ2) is 10.4. The van der Waals surface area contributed by atoms with Crippen molar-refractivity contribution >= 4 is 34.9 Å². The molecule has 2 aromatic carbocycles. The molecule has 0 saturated carbocycles. The van der Waals surface area contributed by atoms with Gasteiger partial charge in [0, 0.05) is 19.3 Å². The molecule has 0 saturated heterocycles. The highest BCUT2D eigenvalue weighted by molar-refractivity contribution is 7.80. The minimum absolute atomic E-state index is 0.410. The van der Waals surface area contributed by atoms with E-state index in [-0.39, 0.29) is 0 Å². The van der Waals surface area contributed by atoms with E-state index in [1.54, 1.807) is 6.21 Å². The number of nitrogens with zero attached hydrogens (tertiary/aromatic N) is 2. The Bertz CT molecular complexity index is 731. The van der Waals surface area contributed by atoms with Crippen LogP contribution in [0.3, 0.4) is 0 Å². The summed E-state index contributed by atoms with van der Waals surface area (Å²) in [7, 11) is 2.10. The van der Waals surface area contributed by atoms with Crippen molar-refractivity contribution in [1.29, 1.82) is 0 Å². The first-order valence-corrected chi connectivity index (χ1v) is 9.18. The molecule has 0 bridgehead atoms. The lowest BCUT2D eigenvalue weighted by atomic mass is 10.2. The molecule has 5 nitrogen and oxygen atoms in total. The second-order valence-electron chi connectivity index (χ2n) is 5.77. The topological polar surface area (TPSA) is 48.9 Å². The molecule has 0 spiro atoms. The van der Waals surface area contributed by atoms with Gasteiger partial charge in [-0.15, -0.1) is 0 Å². The third kappa shape index (κ3) is 6.04. The van der Waals surface area contributed by atoms with E-state index in [0.717, 1.165) is 30.0 Å². The third-order valence-electron chi connectivity index (χ3n) is 3.71. The van der Waals surface area contributed by atoms with Gasteiger partial charge in [0.15, 0.2) is 5.11 Å². The molecule has 6 heteroatoms. The van der Waals surface area contributed by atoms with Crippen LogP contribution in [0.5, 0.6) is 5.75 Å². The van der Waals surface area contributed by atoms with Crippen LogP contribution in [0.25, 0.3) is 0 Å². The van der Waals surface area contributed by atoms with Gasteiger partial charge in [0.25, 0.3) is 0 Å². The minimum atomic E-state index is 0.410. The van der Waals surface area contributed by atoms with Crippen molar-refractivity contribution in [1.82, 2.24) is 5.43 Å². The summed E-state index contributed by atoms with van der Waals surface area (Å²) in [5.74, 6) is 0.759. The molecule has 0 atom stereocenters. The van der Waals surface area contributed by atoms with E-state index >= 15 is 0 Å². The summed E-state index contributed by atoms with van der Waals surface area (Å²) in [5, 5.41) is 7.70. The van der Waals surface area contributed by atoms with Gasteiger partial charge in [-0.3, -0.25) is 5.43 Å². The van der Waals surface area contributed by atoms with Crippen molar-refractivity contribution in [3.05, 3.63) is 54.1 Å². The SMILES string of the molecule is CCCN(C)c1ccc(/C=N/NC(=S)Nc2ccccc2OCC)cc1. The Hall–Kier alpha value is -2.60. The molecule has 0 unspecified atom stereocenters. The van der Waals surface area contributed by atoms with Gasteiger partial charge in [0.1, 0.15) is 5.75 Å². The van der Waals surface area contributed by atoms with Crippen LogP contribution in [-0.4, -0.2) is 31.5 Å². The Kier molecular flexibility index (Phi) is 7.89. The number of para-hydroxylation sites is 2. The van der Waals surface area contributed by atoms with E-state index in [1.165, 1.54) is 5.69 Å². The van der Waals surface area contributed by atoms with Crippen molar-refractivity contribution in [2.24, 2.45) is 5.10 Å². The van der Waals surface area contributed by atoms with E-state index in [2.05, 4.69) is 46.8 Å². The highest BCUT2D eigenvalue weighted by Gasteiger charge is 2.03. The van der Waals surface area contributed by atoms with Gasteiger partial charge in [0.05, 0.1) is 18.5 Å². The fraction of sp³-hybridized carbons (Fsp3) is 0.300. The summed E-state index contributed by atoms with van der Waals surface area (Å²) >= 11 is 5.28. The fourth-order valence-corrected chi connectivity index (χ4v) is 2.61. The van der Waals surface area contributed by atoms with Crippen LogP contribution in [0.1, 0.15) is 25.8 Å². The first-order chi connectivity index (χ1) is 12.6. The first kappa shape index (κ1) is 19.7. The molecule has 0 aliphatic heterocycles. The van der Waals surface area contributed by atoms with Crippen molar-refractivity contribution in [3.8, 4) is 5.75 Å². The molecule has 2 aromatic rings. The average Bonchev–Trinajstić information content (AvgIpc) is 2.64. The molecule has 26 heavy (non-hydrogen) atoms. The quantitative estimate of drug-likeness (QED) is 0.413. The van der Waals surface area contributed by atoms with Crippen LogP contribution < -0.4 is 20.4 Å². The number of hydrogen-bond acceptors (Lipinski definition) is 4. The average molecular weight is 371 g/mol. The summed E-state index contributed by atoms with van der Waals surface area (Å²) in [6, 6.07) is 15.9. The zero-order chi connectivity index (χ0) is 18.8. The molecule has 0 aromatic heterocycles. The number of hydrogen-bond donors (Lipinski definition) is 2. The normalized spacial score (nSPS) is 10.6. The van der Waals surface area contributed by atoms with Gasteiger partial charge in [-0.1, -0.05) is 31.2 Å². The van der Waals surface area contributed by atoms with Crippen molar-refractivity contribution in [2.75, 3.05) is 30.4 Å². The summed E-state index contributed by atoms with van der Waals surface area (Å²) in [5.41, 5.74) is 5.84. The molecule has 0 aliphatic rings. The molecule has 0 aliphatic carbocycles. The van der Waals surface area contributed by atoms with Crippen LogP contribution in [0.15, 0.2) is 53.6 Å². The summed E-state index contributed by atoms with van der Waals surface area (Å²) in [6.45, 7) is 5.76. The van der Waals surface area contributed by atoms with Crippen molar-refractivity contribution in [3.63, 3.8) is 0 Å². The summed E-state index contributed by atoms with van der Waals surface area (Å²) < 4.78 is 5.57. The monoisotopic (exact) mass is 370 g/mol. The Balaban J connectivity index is 1.89. The lowest BCUT2D eigenvalue weighted by molar-refractivity contribution is 0.342. The van der Waals surface area contributed by atoms with Gasteiger partial charge >= 0.3 is 0 Å². The number of benzene rings is 2. The number of thiocarbonyl (C=S) groups is 1. The molecular formula is C20H26N4OS. The number of hydrazone groups is 1. The Morgan fingerprint density at radius 3 is 2.58 bits per heavy atom. The number of anilines is 2. The van der Waals surface area contributed by atoms with Gasteiger partial charge in [-0.2, -0.15) is 5.10 Å². The van der Waals surface area contributed by atoms with Crippen LogP contribution in [-0.2, 0) is 0 Å². The van der Waals surface area contributed by atoms with Crippen LogP contribution in [0.4, 0.5) is 11.4 Å². The highest BCUT2D eigenvalue weighted by Crippen LogP contribution is 2.23. The molecule has 138 valence electrons. The molecule has 0 heterocycles. The maximum Gasteiger partial charge on any atom is 0.191 e. The Labute approximate surface area is 161 Å². The minimum Gasteiger partial charge on any atom is -0.492 e. The summed E-state index contributed by atoms with van der Waals surface area (Å²) in [4.78, 5) is 2.23. The molecule has 2 rings (SSSR count). The third-order valence-corrected chi connectivity index (χ3v) is 3.90. The second-order valence-corrected chi connectivity index (χ2v) is 6.17. The maximum atomic E-state index is 5.57. The number of rotatable bonds is 8. The van der Waals surface area contributed by atoms with Crippen LogP contribution >= 0.6 is 12.2 Å². The molecule has 0 radical (unpaired) electrons. The molecular weight excluding hydrogens is 344 g/mol. The van der Waals surface area contributed by atoms with Gasteiger partial charge in [-0.05, 0) is 55.4 Å². The Morgan fingerprint density at radius 1 is 1.15 bits per heavy atom. The summed E-state index contributed by atoms with van der Waals surface area (Å²) in [6.07, 6.45) is 2.87. The smallest absolute Gasteiger partial charge is 0.191 e. The zero-order valence-electron chi connectivity index (χ0n) is 15.5. The largest absolute Gasteiger partial charge is 0.492 e. The molecule has 2 N–H and O–H groups in total. The lowest BCUT2D eigenvalue weighted by Gasteiger charge is -2.18. The standard InChI is InChI=1S/C20H26N4OS/c1-4-14-24(3)17-12-10-16(11-13-17)15-21-23-20(26)22-18-8-6-7-9-19(18)25-5-2/h6-13,15H,4-5,14H2,1-3H3,(H2,22,23,26)/b21-15+. The zero-order valence-corrected chi connectivity index (χ0v) is 16.3. The predicted molar refractivity (Wildman–Crippen MR) is 115 cm³/mol. The Morgan fingerprint density at radius 2 is 1.88 bits per heavy atom. The van der Waals surface area contributed by atoms with E-state index in [0.29, 0.717) is 11.7 Å². The number of nitrogens with one attached hydrogen (secondary N) is 2. The van der Waals surface area contributed by atoms with Crippen molar-refractivity contribution < 1.29 is 4.74 Å².